The third-order valence-electron chi connectivity index (χ3n) is 0.387. The van der Waals surface area contributed by atoms with Crippen molar-refractivity contribution in [3.05, 3.63) is 12.7 Å². The molecule has 0 unspecified atom stereocenters. The maximum absolute atomic E-state index is 4.92. The Morgan fingerprint density at radius 1 is 1.86 bits per heavy atom. The highest BCUT2D eigenvalue weighted by molar-refractivity contribution is 7.94. The van der Waals surface area contributed by atoms with Gasteiger partial charge in [-0.1, -0.05) is 6.08 Å². The van der Waals surface area contributed by atoms with Gasteiger partial charge in [-0.15, -0.1) is 6.58 Å². The predicted molar refractivity (Wildman–Crippen MR) is 34.3 cm³/mol. The minimum Gasteiger partial charge on any atom is -0.315 e. The summed E-state index contributed by atoms with van der Waals surface area (Å²) in [5.41, 5.74) is 0. The second-order valence-electron chi connectivity index (χ2n) is 0.980. The normalized spacial score (nSPS) is 8.71. The number of hydrogen-bond acceptors (Lipinski definition) is 2. The maximum atomic E-state index is 4.92. The van der Waals surface area contributed by atoms with Gasteiger partial charge in [-0.2, -0.15) is 0 Å². The second-order valence-corrected chi connectivity index (χ2v) is 1.78. The van der Waals surface area contributed by atoms with Crippen molar-refractivity contribution in [2.75, 3.05) is 12.4 Å². The van der Waals surface area contributed by atoms with E-state index in [1.54, 1.807) is 0 Å². The zero-order valence-corrected chi connectivity index (χ0v) is 5.33. The summed E-state index contributed by atoms with van der Waals surface area (Å²) < 4.78 is 4.92. The van der Waals surface area contributed by atoms with Gasteiger partial charge in [-0.05, 0) is 19.0 Å². The third kappa shape index (κ3) is 6.05. The Bertz CT molecular complexity index is 45.3. The Morgan fingerprint density at radius 2 is 2.57 bits per heavy atom. The fraction of sp³-hybridized carbons (Fsp3) is 0.600. The van der Waals surface area contributed by atoms with Gasteiger partial charge in [0.2, 0.25) is 0 Å². The van der Waals surface area contributed by atoms with Crippen LogP contribution in [0, 0.1) is 0 Å². The molecule has 0 rings (SSSR count). The fourth-order valence-electron chi connectivity index (χ4n) is 0.180. The summed E-state index contributed by atoms with van der Waals surface area (Å²) >= 11 is 1.44. The number of hydrogen-bond donors (Lipinski definition) is 0. The first-order valence-corrected chi connectivity index (χ1v) is 3.18. The average molecular weight is 118 g/mol. The molecule has 0 heterocycles. The van der Waals surface area contributed by atoms with E-state index in [0.29, 0.717) is 0 Å². The van der Waals surface area contributed by atoms with Gasteiger partial charge in [-0.25, -0.2) is 0 Å². The van der Waals surface area contributed by atoms with Crippen molar-refractivity contribution < 1.29 is 4.18 Å². The lowest BCUT2D eigenvalue weighted by molar-refractivity contribution is 0.403. The molecule has 0 aliphatic heterocycles. The summed E-state index contributed by atoms with van der Waals surface area (Å²) in [6.07, 6.45) is 1.82. The molecule has 0 saturated heterocycles. The van der Waals surface area contributed by atoms with E-state index >= 15 is 0 Å². The first kappa shape index (κ1) is 7.05. The lowest BCUT2D eigenvalue weighted by atomic mass is 10.8. The van der Waals surface area contributed by atoms with E-state index in [0.717, 1.165) is 12.4 Å². The van der Waals surface area contributed by atoms with Crippen LogP contribution in [0.15, 0.2) is 12.7 Å². The summed E-state index contributed by atoms with van der Waals surface area (Å²) in [5, 5.41) is 0. The molecule has 0 bridgehead atoms. The molecule has 0 aromatic carbocycles. The quantitative estimate of drug-likeness (QED) is 0.316. The first-order chi connectivity index (χ1) is 3.41. The summed E-state index contributed by atoms with van der Waals surface area (Å²) in [7, 11) is 0. The zero-order chi connectivity index (χ0) is 5.54. The van der Waals surface area contributed by atoms with Crippen LogP contribution in [0.5, 0.6) is 0 Å². The molecular weight excluding hydrogens is 108 g/mol. The Labute approximate surface area is 49.0 Å². The van der Waals surface area contributed by atoms with Crippen LogP contribution >= 0.6 is 12.0 Å². The molecule has 0 fully saturated rings. The topological polar surface area (TPSA) is 9.23 Å². The Kier molecular flexibility index (Phi) is 6.09. The van der Waals surface area contributed by atoms with Crippen LogP contribution in [0.3, 0.4) is 0 Å². The molecule has 42 valence electrons. The molecule has 0 aliphatic rings. The highest BCUT2D eigenvalue weighted by atomic mass is 32.2. The van der Waals surface area contributed by atoms with Crippen molar-refractivity contribution in [2.45, 2.75) is 6.92 Å². The number of rotatable bonds is 4. The molecule has 0 aromatic heterocycles. The zero-order valence-electron chi connectivity index (χ0n) is 4.52. The molecule has 0 N–H and O–H groups in total. The van der Waals surface area contributed by atoms with Crippen molar-refractivity contribution >= 4 is 12.0 Å². The van der Waals surface area contributed by atoms with Crippen LogP contribution in [0.25, 0.3) is 0 Å². The molecule has 0 aromatic rings. The van der Waals surface area contributed by atoms with Gasteiger partial charge in [0.1, 0.15) is 0 Å². The van der Waals surface area contributed by atoms with Gasteiger partial charge in [0.25, 0.3) is 0 Å². The van der Waals surface area contributed by atoms with Gasteiger partial charge >= 0.3 is 0 Å². The molecule has 0 amide bonds. The molecular formula is C5H10OS. The van der Waals surface area contributed by atoms with Gasteiger partial charge in [0.15, 0.2) is 0 Å². The van der Waals surface area contributed by atoms with Crippen LogP contribution in [-0.2, 0) is 4.18 Å². The Hall–Kier alpha value is 0.0500. The Balaban J connectivity index is 2.56. The highest BCUT2D eigenvalue weighted by Crippen LogP contribution is 1.99. The van der Waals surface area contributed by atoms with Crippen LogP contribution in [-0.4, -0.2) is 12.4 Å². The molecule has 0 aliphatic carbocycles. The molecule has 7 heavy (non-hydrogen) atoms. The van der Waals surface area contributed by atoms with Gasteiger partial charge in [0.05, 0.1) is 6.61 Å². The lowest BCUT2D eigenvalue weighted by Crippen LogP contribution is -1.76. The van der Waals surface area contributed by atoms with Crippen molar-refractivity contribution in [1.29, 1.82) is 0 Å². The van der Waals surface area contributed by atoms with Crippen LogP contribution < -0.4 is 0 Å². The standard InChI is InChI=1S/C5H10OS/c1-3-5-7-6-4-2/h3H,1,4-5H2,2H3. The van der Waals surface area contributed by atoms with E-state index in [1.165, 1.54) is 12.0 Å². The molecule has 1 nitrogen and oxygen atoms in total. The van der Waals surface area contributed by atoms with E-state index in [9.17, 15) is 0 Å². The summed E-state index contributed by atoms with van der Waals surface area (Å²) in [5.74, 6) is 0.883. The van der Waals surface area contributed by atoms with Gasteiger partial charge in [0, 0.05) is 5.75 Å². The van der Waals surface area contributed by atoms with E-state index in [1.807, 2.05) is 13.0 Å². The SMILES string of the molecule is C=CCSOCC. The summed E-state index contributed by atoms with van der Waals surface area (Å²) in [4.78, 5) is 0. The van der Waals surface area contributed by atoms with Gasteiger partial charge in [-0.3, -0.25) is 0 Å². The van der Waals surface area contributed by atoms with Crippen LogP contribution in [0.4, 0.5) is 0 Å². The molecule has 2 heteroatoms. The van der Waals surface area contributed by atoms with E-state index in [-0.39, 0.29) is 0 Å². The van der Waals surface area contributed by atoms with Crippen molar-refractivity contribution in [3.63, 3.8) is 0 Å². The lowest BCUT2D eigenvalue weighted by Gasteiger charge is -1.90. The van der Waals surface area contributed by atoms with Crippen molar-refractivity contribution in [2.24, 2.45) is 0 Å². The molecule has 0 atom stereocenters. The van der Waals surface area contributed by atoms with E-state index in [4.69, 9.17) is 4.18 Å². The minimum atomic E-state index is 0.776. The second kappa shape index (κ2) is 6.05. The van der Waals surface area contributed by atoms with Crippen LogP contribution in [0.2, 0.25) is 0 Å². The average Bonchev–Trinajstić information content (AvgIpc) is 1.69. The van der Waals surface area contributed by atoms with Crippen molar-refractivity contribution in [1.82, 2.24) is 0 Å². The van der Waals surface area contributed by atoms with Gasteiger partial charge < -0.3 is 4.18 Å². The molecule has 0 saturated carbocycles. The predicted octanol–water partition coefficient (Wildman–Crippen LogP) is 1.86. The Morgan fingerprint density at radius 3 is 3.00 bits per heavy atom. The third-order valence-corrected chi connectivity index (χ3v) is 1.16. The minimum absolute atomic E-state index is 0.776. The highest BCUT2D eigenvalue weighted by Gasteiger charge is 1.76. The summed E-state index contributed by atoms with van der Waals surface area (Å²) in [6, 6.07) is 0. The fourth-order valence-corrected chi connectivity index (χ4v) is 0.539. The monoisotopic (exact) mass is 118 g/mol. The first-order valence-electron chi connectivity index (χ1n) is 2.27. The molecule has 0 spiro atoms. The summed E-state index contributed by atoms with van der Waals surface area (Å²) in [6.45, 7) is 6.28. The van der Waals surface area contributed by atoms with Crippen molar-refractivity contribution in [3.8, 4) is 0 Å². The largest absolute Gasteiger partial charge is 0.315 e. The van der Waals surface area contributed by atoms with Crippen LogP contribution in [0.1, 0.15) is 6.92 Å². The van der Waals surface area contributed by atoms with E-state index < -0.39 is 0 Å². The molecule has 0 radical (unpaired) electrons. The smallest absolute Gasteiger partial charge is 0.0585 e. The maximum Gasteiger partial charge on any atom is 0.0585 e. The van der Waals surface area contributed by atoms with E-state index in [2.05, 4.69) is 6.58 Å².